The number of nitrogens with zero attached hydrogens (tertiary/aromatic N) is 6. The topological polar surface area (TPSA) is 103 Å². The summed E-state index contributed by atoms with van der Waals surface area (Å²) in [5.74, 6) is -0.525. The van der Waals surface area contributed by atoms with E-state index < -0.39 is 5.82 Å². The van der Waals surface area contributed by atoms with Gasteiger partial charge in [-0.2, -0.15) is 10.5 Å². The molecule has 0 atom stereocenters. The molecule has 19 heavy (non-hydrogen) atoms. The number of hydrogen-bond donors (Lipinski definition) is 1. The van der Waals surface area contributed by atoms with E-state index in [1.54, 1.807) is 12.1 Å². The average molecular weight is 255 g/mol. The van der Waals surface area contributed by atoms with Crippen LogP contribution in [0.3, 0.4) is 0 Å². The summed E-state index contributed by atoms with van der Waals surface area (Å²) in [4.78, 5) is 0. The third-order valence-electron chi connectivity index (χ3n) is 2.18. The maximum Gasteiger partial charge on any atom is 0.146 e. The van der Waals surface area contributed by atoms with Crippen LogP contribution in [0.4, 0.5) is 10.1 Å². The standard InChI is InChI=1S/C11H6FN7/c12-10-2-1-9(19-7-16-17-18-19)3-11(10)15-6-8(4-13)5-14/h1-3,6-7,15H. The highest BCUT2D eigenvalue weighted by molar-refractivity contribution is 5.55. The van der Waals surface area contributed by atoms with Gasteiger partial charge in [0, 0.05) is 6.20 Å². The molecule has 0 spiro atoms. The molecule has 1 N–H and O–H groups in total. The number of halogens is 1. The first-order chi connectivity index (χ1) is 9.24. The van der Waals surface area contributed by atoms with Crippen molar-refractivity contribution in [1.82, 2.24) is 20.2 Å². The summed E-state index contributed by atoms with van der Waals surface area (Å²) >= 11 is 0. The van der Waals surface area contributed by atoms with Crippen molar-refractivity contribution in [3.63, 3.8) is 0 Å². The molecule has 1 aromatic carbocycles. The van der Waals surface area contributed by atoms with Gasteiger partial charge in [-0.25, -0.2) is 9.07 Å². The van der Waals surface area contributed by atoms with Crippen molar-refractivity contribution in [2.45, 2.75) is 0 Å². The maximum atomic E-state index is 13.6. The minimum Gasteiger partial charge on any atom is -0.357 e. The Bertz CT molecular complexity index is 675. The summed E-state index contributed by atoms with van der Waals surface area (Å²) in [7, 11) is 0. The van der Waals surface area contributed by atoms with Gasteiger partial charge in [0.25, 0.3) is 0 Å². The fourth-order valence-electron chi connectivity index (χ4n) is 1.29. The molecule has 7 nitrogen and oxygen atoms in total. The zero-order chi connectivity index (χ0) is 13.7. The van der Waals surface area contributed by atoms with E-state index >= 15 is 0 Å². The molecule has 1 heterocycles. The second kappa shape index (κ2) is 5.38. The van der Waals surface area contributed by atoms with Crippen LogP contribution in [-0.4, -0.2) is 20.2 Å². The minimum absolute atomic E-state index is 0.107. The first-order valence-electron chi connectivity index (χ1n) is 5.04. The summed E-state index contributed by atoms with van der Waals surface area (Å²) < 4.78 is 14.9. The molecule has 8 heteroatoms. The van der Waals surface area contributed by atoms with Crippen molar-refractivity contribution < 1.29 is 4.39 Å². The van der Waals surface area contributed by atoms with E-state index in [1.807, 2.05) is 0 Å². The molecular formula is C11H6FN7. The summed E-state index contributed by atoms with van der Waals surface area (Å²) in [6.07, 6.45) is 2.49. The van der Waals surface area contributed by atoms with Crippen LogP contribution in [0.25, 0.3) is 5.69 Å². The van der Waals surface area contributed by atoms with E-state index in [-0.39, 0.29) is 11.3 Å². The smallest absolute Gasteiger partial charge is 0.146 e. The minimum atomic E-state index is -0.525. The zero-order valence-corrected chi connectivity index (χ0v) is 9.45. The third kappa shape index (κ3) is 2.70. The van der Waals surface area contributed by atoms with Gasteiger partial charge >= 0.3 is 0 Å². The van der Waals surface area contributed by atoms with Crippen LogP contribution in [0.15, 0.2) is 36.3 Å². The molecule has 2 rings (SSSR count). The van der Waals surface area contributed by atoms with Crippen LogP contribution in [0.5, 0.6) is 0 Å². The van der Waals surface area contributed by atoms with Crippen molar-refractivity contribution >= 4 is 5.69 Å². The predicted octanol–water partition coefficient (Wildman–Crippen LogP) is 1.14. The molecule has 0 amide bonds. The second-order valence-corrected chi connectivity index (χ2v) is 3.34. The highest BCUT2D eigenvalue weighted by Gasteiger charge is 2.05. The normalized spacial score (nSPS) is 9.21. The number of nitriles is 2. The summed E-state index contributed by atoms with van der Waals surface area (Å²) in [6, 6.07) is 7.50. The van der Waals surface area contributed by atoms with E-state index in [0.29, 0.717) is 5.69 Å². The fourth-order valence-corrected chi connectivity index (χ4v) is 1.29. The number of anilines is 1. The number of tetrazole rings is 1. The lowest BCUT2D eigenvalue weighted by Crippen LogP contribution is -1.99. The Morgan fingerprint density at radius 2 is 2.16 bits per heavy atom. The lowest BCUT2D eigenvalue weighted by molar-refractivity contribution is 0.630. The second-order valence-electron chi connectivity index (χ2n) is 3.34. The Labute approximate surface area is 107 Å². The Kier molecular flexibility index (Phi) is 3.46. The van der Waals surface area contributed by atoms with Crippen LogP contribution in [0.1, 0.15) is 0 Å². The van der Waals surface area contributed by atoms with Gasteiger partial charge in [-0.05, 0) is 28.6 Å². The Morgan fingerprint density at radius 1 is 1.37 bits per heavy atom. The van der Waals surface area contributed by atoms with Crippen LogP contribution in [-0.2, 0) is 0 Å². The van der Waals surface area contributed by atoms with Crippen LogP contribution >= 0.6 is 0 Å². The van der Waals surface area contributed by atoms with Gasteiger partial charge in [-0.1, -0.05) is 0 Å². The summed E-state index contributed by atoms with van der Waals surface area (Å²) in [5, 5.41) is 30.3. The van der Waals surface area contributed by atoms with Gasteiger partial charge in [0.2, 0.25) is 0 Å². The van der Waals surface area contributed by atoms with Gasteiger partial charge in [0.05, 0.1) is 11.4 Å². The SMILES string of the molecule is N#CC(C#N)=CNc1cc(-n2cnnn2)ccc1F. The number of hydrogen-bond acceptors (Lipinski definition) is 6. The molecule has 0 bridgehead atoms. The first-order valence-corrected chi connectivity index (χ1v) is 5.04. The summed E-state index contributed by atoms with van der Waals surface area (Å²) in [5.41, 5.74) is 0.487. The lowest BCUT2D eigenvalue weighted by atomic mass is 10.2. The monoisotopic (exact) mass is 255 g/mol. The molecule has 0 saturated carbocycles. The highest BCUT2D eigenvalue weighted by atomic mass is 19.1. The molecular weight excluding hydrogens is 249 g/mol. The van der Waals surface area contributed by atoms with Gasteiger partial charge in [0.15, 0.2) is 0 Å². The molecule has 92 valence electrons. The van der Waals surface area contributed by atoms with Gasteiger partial charge in [-0.3, -0.25) is 0 Å². The van der Waals surface area contributed by atoms with Crippen molar-refractivity contribution in [3.8, 4) is 17.8 Å². The van der Waals surface area contributed by atoms with Crippen LogP contribution < -0.4 is 5.32 Å². The first kappa shape index (κ1) is 12.2. The largest absolute Gasteiger partial charge is 0.357 e. The van der Waals surface area contributed by atoms with Gasteiger partial charge < -0.3 is 5.32 Å². The molecule has 0 aliphatic heterocycles. The number of benzene rings is 1. The van der Waals surface area contributed by atoms with E-state index in [0.717, 1.165) is 6.20 Å². The number of allylic oxidation sites excluding steroid dienone is 1. The molecule has 0 fully saturated rings. The Balaban J connectivity index is 2.32. The summed E-state index contributed by atoms with van der Waals surface area (Å²) in [6.45, 7) is 0. The van der Waals surface area contributed by atoms with Gasteiger partial charge in [0.1, 0.15) is 29.9 Å². The Morgan fingerprint density at radius 3 is 2.79 bits per heavy atom. The fraction of sp³-hybridized carbons (Fsp3) is 0. The van der Waals surface area contributed by atoms with Crippen molar-refractivity contribution in [1.29, 1.82) is 10.5 Å². The molecule has 1 aromatic heterocycles. The third-order valence-corrected chi connectivity index (χ3v) is 2.18. The average Bonchev–Trinajstić information content (AvgIpc) is 2.96. The van der Waals surface area contributed by atoms with Crippen molar-refractivity contribution in [2.75, 3.05) is 5.32 Å². The quantitative estimate of drug-likeness (QED) is 0.825. The van der Waals surface area contributed by atoms with Crippen LogP contribution in [0, 0.1) is 28.5 Å². The highest BCUT2D eigenvalue weighted by Crippen LogP contribution is 2.18. The molecule has 0 aliphatic rings. The predicted molar refractivity (Wildman–Crippen MR) is 62.0 cm³/mol. The molecule has 2 aromatic rings. The lowest BCUT2D eigenvalue weighted by Gasteiger charge is -2.05. The zero-order valence-electron chi connectivity index (χ0n) is 9.45. The van der Waals surface area contributed by atoms with E-state index in [4.69, 9.17) is 10.5 Å². The number of rotatable bonds is 3. The van der Waals surface area contributed by atoms with E-state index in [9.17, 15) is 4.39 Å². The maximum absolute atomic E-state index is 13.6. The van der Waals surface area contributed by atoms with Gasteiger partial charge in [-0.15, -0.1) is 5.10 Å². The molecule has 0 unspecified atom stereocenters. The number of aromatic nitrogens is 4. The van der Waals surface area contributed by atoms with E-state index in [1.165, 1.54) is 29.2 Å². The van der Waals surface area contributed by atoms with Crippen LogP contribution in [0.2, 0.25) is 0 Å². The molecule has 0 saturated heterocycles. The Hall–Kier alpha value is -3.26. The van der Waals surface area contributed by atoms with Crippen molar-refractivity contribution in [3.05, 3.63) is 42.1 Å². The number of nitrogens with one attached hydrogen (secondary N) is 1. The van der Waals surface area contributed by atoms with Crippen molar-refractivity contribution in [2.24, 2.45) is 0 Å². The molecule has 0 radical (unpaired) electrons. The van der Waals surface area contributed by atoms with E-state index in [2.05, 4.69) is 20.8 Å². The molecule has 0 aliphatic carbocycles.